The number of nitrogens with one attached hydrogen (secondary N) is 2. The summed E-state index contributed by atoms with van der Waals surface area (Å²) in [5, 5.41) is 2.42. The van der Waals surface area contributed by atoms with Crippen molar-refractivity contribution in [3.05, 3.63) is 71.1 Å². The average Bonchev–Trinajstić information content (AvgIpc) is 3.20. The first-order valence-corrected chi connectivity index (χ1v) is 11.0. The van der Waals surface area contributed by atoms with Crippen molar-refractivity contribution >= 4 is 21.6 Å². The first kappa shape index (κ1) is 24.2. The predicted molar refractivity (Wildman–Crippen MR) is 108 cm³/mol. The van der Waals surface area contributed by atoms with E-state index < -0.39 is 51.0 Å². The maximum absolute atomic E-state index is 14.2. The zero-order chi connectivity index (χ0) is 24.6. The lowest BCUT2D eigenvalue weighted by molar-refractivity contribution is -0.137. The number of alkyl halides is 3. The lowest BCUT2D eigenvalue weighted by atomic mass is 10.1. The van der Waals surface area contributed by atoms with Crippen molar-refractivity contribution in [3.8, 4) is 11.5 Å². The minimum Gasteiger partial charge on any atom is -0.444 e. The summed E-state index contributed by atoms with van der Waals surface area (Å²) < 4.78 is 96.3. The van der Waals surface area contributed by atoms with Crippen LogP contribution in [0, 0.1) is 11.6 Å². The third kappa shape index (κ3) is 5.86. The molecule has 2 N–H and O–H groups in total. The molecule has 0 aliphatic carbocycles. The van der Waals surface area contributed by atoms with Gasteiger partial charge in [-0.3, -0.25) is 9.52 Å². The average molecular weight is 489 g/mol. The van der Waals surface area contributed by atoms with E-state index in [4.69, 9.17) is 4.42 Å². The Labute approximate surface area is 184 Å². The van der Waals surface area contributed by atoms with E-state index in [2.05, 4.69) is 10.3 Å². The van der Waals surface area contributed by atoms with Crippen molar-refractivity contribution in [1.29, 1.82) is 0 Å². The quantitative estimate of drug-likeness (QED) is 0.497. The van der Waals surface area contributed by atoms with Gasteiger partial charge in [0.25, 0.3) is 5.91 Å². The summed E-state index contributed by atoms with van der Waals surface area (Å²) in [5.41, 5.74) is -2.07. The summed E-state index contributed by atoms with van der Waals surface area (Å²) >= 11 is 0. The zero-order valence-electron chi connectivity index (χ0n) is 17.0. The first-order valence-electron chi connectivity index (χ1n) is 9.15. The molecule has 1 aromatic heterocycles. The van der Waals surface area contributed by atoms with Crippen LogP contribution in [0.5, 0.6) is 0 Å². The van der Waals surface area contributed by atoms with Gasteiger partial charge in [0.05, 0.1) is 17.9 Å². The topological polar surface area (TPSA) is 101 Å². The Morgan fingerprint density at radius 1 is 1.12 bits per heavy atom. The van der Waals surface area contributed by atoms with E-state index in [9.17, 15) is 35.2 Å². The Morgan fingerprint density at radius 3 is 2.33 bits per heavy atom. The molecule has 3 rings (SSSR count). The highest BCUT2D eigenvalue weighted by molar-refractivity contribution is 7.92. The smallest absolute Gasteiger partial charge is 0.416 e. The van der Waals surface area contributed by atoms with E-state index in [-0.39, 0.29) is 22.7 Å². The molecule has 0 fully saturated rings. The predicted octanol–water partition coefficient (Wildman–Crippen LogP) is 4.50. The molecule has 0 bridgehead atoms. The van der Waals surface area contributed by atoms with Crippen LogP contribution in [0.15, 0.2) is 47.1 Å². The molecule has 33 heavy (non-hydrogen) atoms. The van der Waals surface area contributed by atoms with Crippen molar-refractivity contribution in [3.63, 3.8) is 0 Å². The van der Waals surface area contributed by atoms with Crippen molar-refractivity contribution in [2.45, 2.75) is 19.1 Å². The second kappa shape index (κ2) is 8.81. The number of halogens is 5. The van der Waals surface area contributed by atoms with E-state index in [1.165, 1.54) is 13.0 Å². The van der Waals surface area contributed by atoms with E-state index >= 15 is 0 Å². The van der Waals surface area contributed by atoms with E-state index in [1.54, 1.807) is 4.72 Å². The molecule has 0 saturated carbocycles. The number of rotatable bonds is 6. The van der Waals surface area contributed by atoms with Crippen LogP contribution < -0.4 is 10.0 Å². The molecule has 0 spiro atoms. The molecule has 0 radical (unpaired) electrons. The minimum atomic E-state index is -4.57. The second-order valence-corrected chi connectivity index (χ2v) is 8.79. The fraction of sp³-hybridized carbons (Fsp3) is 0.200. The van der Waals surface area contributed by atoms with Gasteiger partial charge >= 0.3 is 6.18 Å². The third-order valence-corrected chi connectivity index (χ3v) is 4.95. The summed E-state index contributed by atoms with van der Waals surface area (Å²) in [6.45, 7) is 1.41. The molecule has 1 heterocycles. The third-order valence-electron chi connectivity index (χ3n) is 4.37. The lowest BCUT2D eigenvalue weighted by Gasteiger charge is -2.15. The molecule has 0 saturated heterocycles. The van der Waals surface area contributed by atoms with Crippen LogP contribution in [0.4, 0.5) is 27.6 Å². The summed E-state index contributed by atoms with van der Waals surface area (Å²) in [4.78, 5) is 16.3. The highest BCUT2D eigenvalue weighted by Crippen LogP contribution is 2.32. The normalized spacial score (nSPS) is 12.9. The zero-order valence-corrected chi connectivity index (χ0v) is 17.8. The lowest BCUT2D eigenvalue weighted by Crippen LogP contribution is -2.27. The van der Waals surface area contributed by atoms with Gasteiger partial charge in [-0.15, -0.1) is 0 Å². The van der Waals surface area contributed by atoms with Gasteiger partial charge in [0, 0.05) is 5.56 Å². The Bertz CT molecular complexity index is 1280. The van der Waals surface area contributed by atoms with Crippen LogP contribution in [-0.4, -0.2) is 25.6 Å². The number of amides is 1. The van der Waals surface area contributed by atoms with Crippen LogP contribution >= 0.6 is 0 Å². The van der Waals surface area contributed by atoms with Gasteiger partial charge in [-0.05, 0) is 42.8 Å². The van der Waals surface area contributed by atoms with E-state index in [0.717, 1.165) is 42.9 Å². The fourth-order valence-corrected chi connectivity index (χ4v) is 3.38. The van der Waals surface area contributed by atoms with Crippen molar-refractivity contribution < 1.29 is 39.6 Å². The Kier molecular flexibility index (Phi) is 6.45. The standard InChI is InChI=1S/C20H16F5N3O4S/c1-10(12-7-14(21)17(15(22)8-12)28-33(2,30)31)26-18(29)16-9-32-19(27-16)11-4-3-5-13(6-11)20(23,24)25/h3-10,28H,1-2H3,(H,26,29). The molecule has 1 unspecified atom stereocenters. The number of oxazole rings is 1. The summed E-state index contributed by atoms with van der Waals surface area (Å²) in [5.74, 6) is -3.43. The molecule has 176 valence electrons. The monoisotopic (exact) mass is 489 g/mol. The van der Waals surface area contributed by atoms with Crippen molar-refractivity contribution in [2.24, 2.45) is 0 Å². The van der Waals surface area contributed by atoms with Gasteiger partial charge in [0.2, 0.25) is 15.9 Å². The van der Waals surface area contributed by atoms with Crippen LogP contribution in [-0.2, 0) is 16.2 Å². The molecular weight excluding hydrogens is 473 g/mol. The van der Waals surface area contributed by atoms with Gasteiger partial charge < -0.3 is 9.73 Å². The maximum Gasteiger partial charge on any atom is 0.416 e. The Morgan fingerprint density at radius 2 is 1.76 bits per heavy atom. The van der Waals surface area contributed by atoms with Crippen LogP contribution in [0.1, 0.15) is 34.6 Å². The van der Waals surface area contributed by atoms with Gasteiger partial charge in [-0.2, -0.15) is 13.2 Å². The number of carbonyl (C=O) groups is 1. The molecule has 0 aliphatic heterocycles. The van der Waals surface area contributed by atoms with Crippen LogP contribution in [0.25, 0.3) is 11.5 Å². The molecule has 7 nitrogen and oxygen atoms in total. The molecule has 2 aromatic carbocycles. The minimum absolute atomic E-state index is 0.00460. The first-order chi connectivity index (χ1) is 15.2. The number of anilines is 1. The summed E-state index contributed by atoms with van der Waals surface area (Å²) in [7, 11) is -3.92. The molecule has 13 heteroatoms. The number of hydrogen-bond donors (Lipinski definition) is 2. The molecular formula is C20H16F5N3O4S. The van der Waals surface area contributed by atoms with Crippen LogP contribution in [0.2, 0.25) is 0 Å². The number of carbonyl (C=O) groups excluding carboxylic acids is 1. The number of nitrogens with zero attached hydrogens (tertiary/aromatic N) is 1. The fourth-order valence-electron chi connectivity index (χ4n) is 2.82. The highest BCUT2D eigenvalue weighted by atomic mass is 32.2. The number of hydrogen-bond acceptors (Lipinski definition) is 5. The van der Waals surface area contributed by atoms with Gasteiger partial charge in [0.15, 0.2) is 17.3 Å². The summed E-state index contributed by atoms with van der Waals surface area (Å²) in [6.07, 6.45) is -2.92. The Balaban J connectivity index is 1.77. The molecule has 3 aromatic rings. The number of benzene rings is 2. The molecule has 1 amide bonds. The Hall–Kier alpha value is -3.48. The maximum atomic E-state index is 14.2. The molecule has 0 aliphatic rings. The second-order valence-electron chi connectivity index (χ2n) is 7.05. The van der Waals surface area contributed by atoms with Crippen molar-refractivity contribution in [1.82, 2.24) is 10.3 Å². The van der Waals surface area contributed by atoms with Gasteiger partial charge in [-0.25, -0.2) is 22.2 Å². The van der Waals surface area contributed by atoms with Gasteiger partial charge in [0.1, 0.15) is 12.0 Å². The molecule has 1 atom stereocenters. The SMILES string of the molecule is CC(NC(=O)c1coc(-c2cccc(C(F)(F)F)c2)n1)c1cc(F)c(NS(C)(=O)=O)c(F)c1. The van der Waals surface area contributed by atoms with Gasteiger partial charge in [-0.1, -0.05) is 6.07 Å². The summed E-state index contributed by atoms with van der Waals surface area (Å²) in [6, 6.07) is 4.92. The van der Waals surface area contributed by atoms with Crippen LogP contribution in [0.3, 0.4) is 0 Å². The van der Waals surface area contributed by atoms with Crippen molar-refractivity contribution in [2.75, 3.05) is 11.0 Å². The number of sulfonamides is 1. The number of aromatic nitrogens is 1. The highest BCUT2D eigenvalue weighted by Gasteiger charge is 2.31. The van der Waals surface area contributed by atoms with E-state index in [0.29, 0.717) is 0 Å². The van der Waals surface area contributed by atoms with E-state index in [1.807, 2.05) is 0 Å². The largest absolute Gasteiger partial charge is 0.444 e.